The molecular formula is C18H16N6O. The van der Waals surface area contributed by atoms with E-state index >= 15 is 0 Å². The highest BCUT2D eigenvalue weighted by molar-refractivity contribution is 5.81. The van der Waals surface area contributed by atoms with E-state index in [0.717, 1.165) is 11.1 Å². The Morgan fingerprint density at radius 2 is 2.20 bits per heavy atom. The van der Waals surface area contributed by atoms with Gasteiger partial charge in [-0.15, -0.1) is 5.10 Å². The summed E-state index contributed by atoms with van der Waals surface area (Å²) >= 11 is 0. The molecule has 25 heavy (non-hydrogen) atoms. The van der Waals surface area contributed by atoms with Gasteiger partial charge in [-0.05, 0) is 29.8 Å². The number of pyridine rings is 1. The molecule has 3 rings (SSSR count). The lowest BCUT2D eigenvalue weighted by Gasteiger charge is -2.06. The van der Waals surface area contributed by atoms with E-state index in [1.165, 1.54) is 4.68 Å². The molecule has 0 aliphatic heterocycles. The van der Waals surface area contributed by atoms with Crippen molar-refractivity contribution < 1.29 is 4.79 Å². The molecule has 0 bridgehead atoms. The van der Waals surface area contributed by atoms with Gasteiger partial charge in [0.05, 0.1) is 11.6 Å². The van der Waals surface area contributed by atoms with Gasteiger partial charge in [-0.25, -0.2) is 0 Å². The van der Waals surface area contributed by atoms with E-state index in [1.54, 1.807) is 37.5 Å². The zero-order valence-electron chi connectivity index (χ0n) is 13.7. The van der Waals surface area contributed by atoms with Crippen molar-refractivity contribution in [1.82, 2.24) is 19.7 Å². The van der Waals surface area contributed by atoms with E-state index in [-0.39, 0.29) is 5.91 Å². The fourth-order valence-corrected chi connectivity index (χ4v) is 2.30. The van der Waals surface area contributed by atoms with E-state index < -0.39 is 0 Å². The van der Waals surface area contributed by atoms with Crippen LogP contribution in [0.3, 0.4) is 0 Å². The first-order chi connectivity index (χ1) is 12.2. The number of nitrogens with zero attached hydrogens (tertiary/aromatic N) is 5. The number of rotatable bonds is 5. The summed E-state index contributed by atoms with van der Waals surface area (Å²) in [6, 6.07) is 13.0. The van der Waals surface area contributed by atoms with Crippen molar-refractivity contribution in [1.29, 1.82) is 5.26 Å². The first-order valence-corrected chi connectivity index (χ1v) is 7.85. The summed E-state index contributed by atoms with van der Waals surface area (Å²) in [7, 11) is 0. The van der Waals surface area contributed by atoms with Gasteiger partial charge in [0.1, 0.15) is 0 Å². The molecule has 124 valence electrons. The average molecular weight is 332 g/mol. The third-order valence-electron chi connectivity index (χ3n) is 3.57. The minimum atomic E-state index is -0.157. The van der Waals surface area contributed by atoms with Gasteiger partial charge < -0.3 is 5.32 Å². The summed E-state index contributed by atoms with van der Waals surface area (Å²) in [5.41, 5.74) is 2.24. The van der Waals surface area contributed by atoms with Crippen LogP contribution in [0, 0.1) is 11.3 Å². The van der Waals surface area contributed by atoms with E-state index in [2.05, 4.69) is 26.5 Å². The van der Waals surface area contributed by atoms with Crippen LogP contribution in [-0.2, 0) is 6.54 Å². The molecule has 0 aliphatic carbocycles. The summed E-state index contributed by atoms with van der Waals surface area (Å²) < 4.78 is 1.27. The van der Waals surface area contributed by atoms with Crippen LogP contribution >= 0.6 is 0 Å². The first kappa shape index (κ1) is 16.3. The largest absolute Gasteiger partial charge is 0.350 e. The number of hydrogen-bond donors (Lipinski definition) is 1. The summed E-state index contributed by atoms with van der Waals surface area (Å²) in [6.07, 6.45) is 3.63. The monoisotopic (exact) mass is 332 g/mol. The molecule has 2 aromatic heterocycles. The van der Waals surface area contributed by atoms with Gasteiger partial charge in [0.25, 0.3) is 0 Å². The normalized spacial score (nSPS) is 10.2. The van der Waals surface area contributed by atoms with Crippen molar-refractivity contribution in [3.05, 3.63) is 59.9 Å². The van der Waals surface area contributed by atoms with Crippen molar-refractivity contribution in [2.75, 3.05) is 5.32 Å². The Labute approximate surface area is 145 Å². The van der Waals surface area contributed by atoms with Crippen molar-refractivity contribution in [2.45, 2.75) is 19.9 Å². The molecule has 0 radical (unpaired) electrons. The molecule has 0 amide bonds. The smallest absolute Gasteiger partial charge is 0.249 e. The van der Waals surface area contributed by atoms with Crippen LogP contribution in [0.25, 0.3) is 11.4 Å². The van der Waals surface area contributed by atoms with Crippen molar-refractivity contribution in [3.63, 3.8) is 0 Å². The van der Waals surface area contributed by atoms with Crippen molar-refractivity contribution >= 4 is 11.9 Å². The van der Waals surface area contributed by atoms with Gasteiger partial charge in [0.2, 0.25) is 11.9 Å². The van der Waals surface area contributed by atoms with Gasteiger partial charge in [-0.1, -0.05) is 19.1 Å². The molecule has 0 spiro atoms. The fourth-order valence-electron chi connectivity index (χ4n) is 2.30. The van der Waals surface area contributed by atoms with Gasteiger partial charge in [-0.3, -0.25) is 9.78 Å². The van der Waals surface area contributed by atoms with Gasteiger partial charge in [0, 0.05) is 30.9 Å². The summed E-state index contributed by atoms with van der Waals surface area (Å²) in [5.74, 6) is 0.646. The van der Waals surface area contributed by atoms with E-state index in [4.69, 9.17) is 5.26 Å². The average Bonchev–Trinajstić information content (AvgIpc) is 3.11. The quantitative estimate of drug-likeness (QED) is 0.771. The molecule has 0 aliphatic rings. The Morgan fingerprint density at radius 3 is 2.92 bits per heavy atom. The number of nitrogens with one attached hydrogen (secondary N) is 1. The molecule has 0 saturated carbocycles. The van der Waals surface area contributed by atoms with Gasteiger partial charge in [-0.2, -0.15) is 14.9 Å². The molecule has 1 N–H and O–H groups in total. The molecule has 1 aromatic carbocycles. The Balaban J connectivity index is 1.87. The summed E-state index contributed by atoms with van der Waals surface area (Å²) in [4.78, 5) is 20.6. The number of benzene rings is 1. The van der Waals surface area contributed by atoms with Gasteiger partial charge in [0.15, 0.2) is 5.82 Å². The zero-order valence-corrected chi connectivity index (χ0v) is 13.7. The lowest BCUT2D eigenvalue weighted by atomic mass is 10.1. The molecule has 7 heteroatoms. The molecule has 3 aromatic rings. The summed E-state index contributed by atoms with van der Waals surface area (Å²) in [6.45, 7) is 2.20. The molecular weight excluding hydrogens is 316 g/mol. The van der Waals surface area contributed by atoms with Crippen LogP contribution in [0.2, 0.25) is 0 Å². The lowest BCUT2D eigenvalue weighted by molar-refractivity contribution is 0.0895. The first-order valence-electron chi connectivity index (χ1n) is 7.85. The highest BCUT2D eigenvalue weighted by atomic mass is 16.2. The molecule has 0 atom stereocenters. The highest BCUT2D eigenvalue weighted by Gasteiger charge is 2.16. The van der Waals surface area contributed by atoms with Crippen LogP contribution in [0.1, 0.15) is 29.3 Å². The van der Waals surface area contributed by atoms with Crippen LogP contribution in [0.15, 0.2) is 48.8 Å². The van der Waals surface area contributed by atoms with E-state index in [1.807, 2.05) is 18.2 Å². The van der Waals surface area contributed by atoms with Crippen molar-refractivity contribution in [2.24, 2.45) is 0 Å². The minimum Gasteiger partial charge on any atom is -0.350 e. The Bertz CT molecular complexity index is 926. The number of hydrogen-bond acceptors (Lipinski definition) is 6. The zero-order chi connectivity index (χ0) is 17.6. The second-order valence-electron chi connectivity index (χ2n) is 5.33. The molecule has 2 heterocycles. The number of anilines is 1. The van der Waals surface area contributed by atoms with Gasteiger partial charge >= 0.3 is 0 Å². The molecule has 0 fully saturated rings. The molecule has 7 nitrogen and oxygen atoms in total. The van der Waals surface area contributed by atoms with Crippen LogP contribution in [-0.4, -0.2) is 25.7 Å². The van der Waals surface area contributed by atoms with E-state index in [9.17, 15) is 4.79 Å². The number of aromatic nitrogens is 4. The maximum atomic E-state index is 12.2. The third kappa shape index (κ3) is 3.70. The topological polar surface area (TPSA) is 96.5 Å². The van der Waals surface area contributed by atoms with Crippen molar-refractivity contribution in [3.8, 4) is 17.5 Å². The fraction of sp³-hybridized carbons (Fsp3) is 0.167. The van der Waals surface area contributed by atoms with E-state index in [0.29, 0.717) is 30.3 Å². The SMILES string of the molecule is CCC(=O)n1nc(-c2cccnc2)nc1NCc1cccc(C#N)c1. The Kier molecular flexibility index (Phi) is 4.81. The lowest BCUT2D eigenvalue weighted by Crippen LogP contribution is -2.15. The maximum Gasteiger partial charge on any atom is 0.249 e. The maximum absolute atomic E-state index is 12.2. The molecule has 0 saturated heterocycles. The predicted molar refractivity (Wildman–Crippen MR) is 92.7 cm³/mol. The van der Waals surface area contributed by atoms with Crippen LogP contribution in [0.5, 0.6) is 0 Å². The highest BCUT2D eigenvalue weighted by Crippen LogP contribution is 2.18. The summed E-state index contributed by atoms with van der Waals surface area (Å²) in [5, 5.41) is 16.4. The number of nitriles is 1. The standard InChI is InChI=1S/C18H16N6O/c1-2-16(25)24-18(21-11-14-6-3-5-13(9-14)10-19)22-17(23-24)15-7-4-8-20-12-15/h3-9,12H,2,11H2,1H3,(H,21,22,23). The third-order valence-corrected chi connectivity index (χ3v) is 3.57. The Morgan fingerprint density at radius 1 is 1.32 bits per heavy atom. The Hall–Kier alpha value is -3.53. The second-order valence-corrected chi connectivity index (χ2v) is 5.33. The number of carbonyl (C=O) groups excluding carboxylic acids is 1. The second kappa shape index (κ2) is 7.36. The van der Waals surface area contributed by atoms with Crippen LogP contribution < -0.4 is 5.32 Å². The minimum absolute atomic E-state index is 0.157. The molecule has 0 unspecified atom stereocenters. The predicted octanol–water partition coefficient (Wildman–Crippen LogP) is 2.87. The number of carbonyl (C=O) groups is 1. The van der Waals surface area contributed by atoms with Crippen LogP contribution in [0.4, 0.5) is 5.95 Å².